The molecule has 9 nitrogen and oxygen atoms in total. The number of nitrogen functional groups attached to an aromatic ring is 1. The van der Waals surface area contributed by atoms with Crippen molar-refractivity contribution in [2.75, 3.05) is 16.4 Å². The fourth-order valence-electron chi connectivity index (χ4n) is 3.74. The number of hydrogen-bond acceptors (Lipinski definition) is 7. The molecule has 0 fully saturated rings. The summed E-state index contributed by atoms with van der Waals surface area (Å²) >= 11 is 0. The second kappa shape index (κ2) is 9.54. The molecule has 180 valence electrons. The predicted molar refractivity (Wildman–Crippen MR) is 139 cm³/mol. The van der Waals surface area contributed by atoms with Crippen LogP contribution in [0.5, 0.6) is 0 Å². The highest BCUT2D eigenvalue weighted by molar-refractivity contribution is 6.03. The summed E-state index contributed by atoms with van der Waals surface area (Å²) in [5.41, 5.74) is 10.9. The Morgan fingerprint density at radius 2 is 1.89 bits per heavy atom. The molecule has 0 atom stereocenters. The van der Waals surface area contributed by atoms with E-state index in [0.717, 1.165) is 28.9 Å². The summed E-state index contributed by atoms with van der Waals surface area (Å²) in [5.74, 6) is 0.738. The highest BCUT2D eigenvalue weighted by Crippen LogP contribution is 2.30. The Labute approximate surface area is 204 Å². The number of nitrogens with zero attached hydrogens (tertiary/aromatic N) is 5. The smallest absolute Gasteiger partial charge is 0.276 e. The van der Waals surface area contributed by atoms with Gasteiger partial charge < -0.3 is 16.4 Å². The molecule has 4 aromatic rings. The topological polar surface area (TPSA) is 124 Å². The molecule has 0 unspecified atom stereocenters. The summed E-state index contributed by atoms with van der Waals surface area (Å²) in [7, 11) is 0. The molecule has 0 spiro atoms. The van der Waals surface area contributed by atoms with E-state index in [0.29, 0.717) is 28.7 Å². The predicted octanol–water partition coefficient (Wildman–Crippen LogP) is 5.08. The molecule has 35 heavy (non-hydrogen) atoms. The highest BCUT2D eigenvalue weighted by Gasteiger charge is 2.23. The third-order valence-electron chi connectivity index (χ3n) is 6.08. The van der Waals surface area contributed by atoms with Crippen LogP contribution in [-0.2, 0) is 5.54 Å². The third kappa shape index (κ3) is 5.13. The maximum atomic E-state index is 13.0. The van der Waals surface area contributed by atoms with E-state index in [9.17, 15) is 4.79 Å². The molecular weight excluding hydrogens is 440 g/mol. The van der Waals surface area contributed by atoms with Crippen LogP contribution in [0.3, 0.4) is 0 Å². The zero-order chi connectivity index (χ0) is 25.2. The van der Waals surface area contributed by atoms with E-state index in [1.807, 2.05) is 54.9 Å². The van der Waals surface area contributed by atoms with Crippen molar-refractivity contribution in [1.82, 2.24) is 24.7 Å². The fraction of sp³-hybridized carbons (Fsp3) is 0.269. The van der Waals surface area contributed by atoms with Crippen LogP contribution in [0.1, 0.15) is 48.9 Å². The van der Waals surface area contributed by atoms with Crippen molar-refractivity contribution in [3.63, 3.8) is 0 Å². The van der Waals surface area contributed by atoms with Gasteiger partial charge in [-0.1, -0.05) is 13.0 Å². The van der Waals surface area contributed by atoms with Gasteiger partial charge in [0.1, 0.15) is 18.0 Å². The Kier molecular flexibility index (Phi) is 6.50. The van der Waals surface area contributed by atoms with Crippen LogP contribution in [0.4, 0.5) is 23.0 Å². The van der Waals surface area contributed by atoms with Gasteiger partial charge in [-0.25, -0.2) is 15.0 Å². The lowest BCUT2D eigenvalue weighted by Gasteiger charge is -2.25. The van der Waals surface area contributed by atoms with Gasteiger partial charge >= 0.3 is 0 Å². The summed E-state index contributed by atoms with van der Waals surface area (Å²) in [5, 5.41) is 10.9. The van der Waals surface area contributed by atoms with Crippen molar-refractivity contribution in [1.29, 1.82) is 0 Å². The van der Waals surface area contributed by atoms with E-state index in [-0.39, 0.29) is 11.4 Å². The molecule has 0 aliphatic carbocycles. The number of rotatable bonds is 7. The summed E-state index contributed by atoms with van der Waals surface area (Å²) < 4.78 is 1.91. The first kappa shape index (κ1) is 23.9. The van der Waals surface area contributed by atoms with E-state index in [4.69, 9.17) is 5.73 Å². The van der Waals surface area contributed by atoms with E-state index in [1.54, 1.807) is 12.3 Å². The van der Waals surface area contributed by atoms with Gasteiger partial charge in [-0.2, -0.15) is 5.10 Å². The molecule has 0 radical (unpaired) electrons. The third-order valence-corrected chi connectivity index (χ3v) is 6.08. The Morgan fingerprint density at radius 3 is 2.63 bits per heavy atom. The van der Waals surface area contributed by atoms with Crippen LogP contribution in [-0.4, -0.2) is 30.6 Å². The number of carbonyl (C=O) groups excluding carboxylic acids is 1. The minimum Gasteiger partial charge on any atom is -0.384 e. The molecule has 0 aliphatic rings. The van der Waals surface area contributed by atoms with Crippen LogP contribution in [0.2, 0.25) is 0 Å². The number of anilines is 4. The normalized spacial score (nSPS) is 11.3. The van der Waals surface area contributed by atoms with Gasteiger partial charge in [0.15, 0.2) is 5.69 Å². The maximum Gasteiger partial charge on any atom is 0.276 e. The first-order chi connectivity index (χ1) is 16.7. The first-order valence-electron chi connectivity index (χ1n) is 11.5. The van der Waals surface area contributed by atoms with Gasteiger partial charge in [0.2, 0.25) is 0 Å². The lowest BCUT2D eigenvalue weighted by molar-refractivity contribution is 0.102. The van der Waals surface area contributed by atoms with Crippen molar-refractivity contribution in [3.05, 3.63) is 71.9 Å². The summed E-state index contributed by atoms with van der Waals surface area (Å²) in [4.78, 5) is 25.7. The molecule has 3 heterocycles. The molecule has 9 heteroatoms. The quantitative estimate of drug-likeness (QED) is 0.344. The number of nitrogens with one attached hydrogen (secondary N) is 2. The average molecular weight is 471 g/mol. The van der Waals surface area contributed by atoms with Gasteiger partial charge in [-0.3, -0.25) is 9.48 Å². The van der Waals surface area contributed by atoms with E-state index in [1.165, 1.54) is 6.33 Å². The average Bonchev–Trinajstić information content (AvgIpc) is 3.24. The number of amides is 1. The summed E-state index contributed by atoms with van der Waals surface area (Å²) in [6.07, 6.45) is 4.03. The number of aromatic nitrogens is 5. The van der Waals surface area contributed by atoms with E-state index >= 15 is 0 Å². The number of hydrogen-bond donors (Lipinski definition) is 3. The standard InChI is InChI=1S/C26H30N8O/c1-6-26(4,5)34-17(3)12-22(33-34)25(35)31-18-10-9-16(2)20(13-18)32-24-19(8-7-11-28-24)21-14-23(27)30-15-29-21/h7-15H,6H2,1-5H3,(H,28,32)(H,31,35)(H2,27,29,30). The lowest BCUT2D eigenvalue weighted by Crippen LogP contribution is -2.28. The molecule has 1 amide bonds. The van der Waals surface area contributed by atoms with Crippen LogP contribution in [0, 0.1) is 13.8 Å². The number of aryl methyl sites for hydroxylation is 2. The highest BCUT2D eigenvalue weighted by atomic mass is 16.2. The molecule has 0 saturated carbocycles. The monoisotopic (exact) mass is 470 g/mol. The first-order valence-corrected chi connectivity index (χ1v) is 11.5. The van der Waals surface area contributed by atoms with E-state index in [2.05, 4.69) is 51.5 Å². The molecule has 0 saturated heterocycles. The van der Waals surface area contributed by atoms with Gasteiger partial charge in [0.25, 0.3) is 5.91 Å². The van der Waals surface area contributed by atoms with Gasteiger partial charge in [0.05, 0.1) is 11.2 Å². The minimum absolute atomic E-state index is 0.168. The molecule has 0 bridgehead atoms. The van der Waals surface area contributed by atoms with Gasteiger partial charge in [-0.15, -0.1) is 0 Å². The van der Waals surface area contributed by atoms with Crippen LogP contribution in [0.15, 0.2) is 55.0 Å². The second-order valence-corrected chi connectivity index (χ2v) is 9.09. The number of nitrogens with two attached hydrogens (primary N) is 1. The molecule has 4 N–H and O–H groups in total. The Balaban J connectivity index is 1.58. The van der Waals surface area contributed by atoms with Crippen molar-refractivity contribution < 1.29 is 4.79 Å². The number of carbonyl (C=O) groups is 1. The SMILES string of the molecule is CCC(C)(C)n1nc(C(=O)Nc2ccc(C)c(Nc3ncccc3-c3cc(N)ncn3)c2)cc1C. The molecule has 1 aromatic carbocycles. The van der Waals surface area contributed by atoms with Crippen LogP contribution >= 0.6 is 0 Å². The molecule has 0 aliphatic heterocycles. The summed E-state index contributed by atoms with van der Waals surface area (Å²) in [6, 6.07) is 12.9. The largest absolute Gasteiger partial charge is 0.384 e. The maximum absolute atomic E-state index is 13.0. The molecule has 4 rings (SSSR count). The van der Waals surface area contributed by atoms with Crippen molar-refractivity contribution in [3.8, 4) is 11.3 Å². The zero-order valence-corrected chi connectivity index (χ0v) is 20.6. The Morgan fingerprint density at radius 1 is 1.09 bits per heavy atom. The van der Waals surface area contributed by atoms with Gasteiger partial charge in [0, 0.05) is 34.9 Å². The number of benzene rings is 1. The molecule has 3 aromatic heterocycles. The Hall–Kier alpha value is -4.27. The summed E-state index contributed by atoms with van der Waals surface area (Å²) in [6.45, 7) is 10.3. The van der Waals surface area contributed by atoms with Gasteiger partial charge in [-0.05, 0) is 70.0 Å². The second-order valence-electron chi connectivity index (χ2n) is 9.09. The fourth-order valence-corrected chi connectivity index (χ4v) is 3.74. The molecular formula is C26H30N8O. The van der Waals surface area contributed by atoms with Crippen molar-refractivity contribution in [2.45, 2.75) is 46.6 Å². The van der Waals surface area contributed by atoms with Crippen molar-refractivity contribution in [2.24, 2.45) is 0 Å². The minimum atomic E-state index is -0.261. The zero-order valence-electron chi connectivity index (χ0n) is 20.6. The van der Waals surface area contributed by atoms with Crippen molar-refractivity contribution >= 4 is 28.9 Å². The van der Waals surface area contributed by atoms with Crippen LogP contribution < -0.4 is 16.4 Å². The number of pyridine rings is 1. The lowest BCUT2D eigenvalue weighted by atomic mass is 10.0. The van der Waals surface area contributed by atoms with E-state index < -0.39 is 0 Å². The Bertz CT molecular complexity index is 1380. The van der Waals surface area contributed by atoms with Crippen LogP contribution in [0.25, 0.3) is 11.3 Å².